The molecule has 1 saturated heterocycles. The van der Waals surface area contributed by atoms with Gasteiger partial charge < -0.3 is 9.80 Å². The number of aryl methyl sites for hydroxylation is 1. The van der Waals surface area contributed by atoms with Crippen molar-refractivity contribution in [3.63, 3.8) is 0 Å². The Balaban J connectivity index is 1.53. The first-order chi connectivity index (χ1) is 11.6. The van der Waals surface area contributed by atoms with Crippen LogP contribution in [-0.2, 0) is 4.79 Å². The van der Waals surface area contributed by atoms with Crippen LogP contribution in [0.1, 0.15) is 22.7 Å². The Morgan fingerprint density at radius 1 is 1.33 bits per heavy atom. The summed E-state index contributed by atoms with van der Waals surface area (Å²) in [5, 5.41) is 1.01. The lowest BCUT2D eigenvalue weighted by molar-refractivity contribution is -0.127. The van der Waals surface area contributed by atoms with Crippen LogP contribution in [0.3, 0.4) is 0 Å². The van der Waals surface area contributed by atoms with Crippen molar-refractivity contribution in [1.29, 1.82) is 0 Å². The average molecular weight is 342 g/mol. The number of hydrogen-bond acceptors (Lipinski definition) is 5. The maximum atomic E-state index is 12.4. The van der Waals surface area contributed by atoms with Crippen molar-refractivity contribution in [3.05, 3.63) is 46.6 Å². The van der Waals surface area contributed by atoms with Crippen LogP contribution in [0.15, 0.2) is 36.7 Å². The zero-order valence-electron chi connectivity index (χ0n) is 14.1. The molecule has 2 aromatic heterocycles. The summed E-state index contributed by atoms with van der Waals surface area (Å²) in [4.78, 5) is 26.1. The SMILES string of the molecule is Cc1ncc(/C=C\C(=O)N(C)C2CCN(c3ccccn3)CC2)s1. The van der Waals surface area contributed by atoms with Gasteiger partial charge in [0.1, 0.15) is 5.82 Å². The van der Waals surface area contributed by atoms with Gasteiger partial charge in [0.2, 0.25) is 5.91 Å². The van der Waals surface area contributed by atoms with Gasteiger partial charge in [0.15, 0.2) is 0 Å². The number of aromatic nitrogens is 2. The van der Waals surface area contributed by atoms with E-state index in [1.54, 1.807) is 23.6 Å². The van der Waals surface area contributed by atoms with Gasteiger partial charge in [-0.05, 0) is 38.0 Å². The Kier molecular flexibility index (Phi) is 5.25. The van der Waals surface area contributed by atoms with E-state index in [9.17, 15) is 4.79 Å². The van der Waals surface area contributed by atoms with Crippen molar-refractivity contribution in [3.8, 4) is 0 Å². The van der Waals surface area contributed by atoms with E-state index in [0.717, 1.165) is 41.6 Å². The van der Waals surface area contributed by atoms with Gasteiger partial charge in [0.05, 0.1) is 5.01 Å². The number of hydrogen-bond donors (Lipinski definition) is 0. The van der Waals surface area contributed by atoms with Crippen LogP contribution in [0, 0.1) is 6.92 Å². The second-order valence-corrected chi connectivity index (χ2v) is 7.24. The molecule has 0 aliphatic carbocycles. The molecule has 1 amide bonds. The fraction of sp³-hybridized carbons (Fsp3) is 0.389. The highest BCUT2D eigenvalue weighted by Gasteiger charge is 2.24. The fourth-order valence-corrected chi connectivity index (χ4v) is 3.62. The van der Waals surface area contributed by atoms with Crippen LogP contribution in [0.2, 0.25) is 0 Å². The van der Waals surface area contributed by atoms with E-state index in [2.05, 4.69) is 14.9 Å². The third-order valence-electron chi connectivity index (χ3n) is 4.36. The minimum Gasteiger partial charge on any atom is -0.356 e. The molecule has 0 bridgehead atoms. The highest BCUT2D eigenvalue weighted by molar-refractivity contribution is 7.12. The number of amides is 1. The van der Waals surface area contributed by atoms with Crippen molar-refractivity contribution in [2.24, 2.45) is 0 Å². The average Bonchev–Trinajstić information content (AvgIpc) is 3.05. The minimum absolute atomic E-state index is 0.0531. The number of carbonyl (C=O) groups is 1. The monoisotopic (exact) mass is 342 g/mol. The summed E-state index contributed by atoms with van der Waals surface area (Å²) in [7, 11) is 1.89. The highest BCUT2D eigenvalue weighted by Crippen LogP contribution is 2.20. The summed E-state index contributed by atoms with van der Waals surface area (Å²) in [5.74, 6) is 1.07. The summed E-state index contributed by atoms with van der Waals surface area (Å²) in [6.07, 6.45) is 9.06. The van der Waals surface area contributed by atoms with Crippen molar-refractivity contribution < 1.29 is 4.79 Å². The van der Waals surface area contributed by atoms with Gasteiger partial charge >= 0.3 is 0 Å². The Morgan fingerprint density at radius 3 is 2.75 bits per heavy atom. The zero-order valence-corrected chi connectivity index (χ0v) is 14.9. The quantitative estimate of drug-likeness (QED) is 0.802. The minimum atomic E-state index is 0.0531. The van der Waals surface area contributed by atoms with Gasteiger partial charge in [-0.2, -0.15) is 0 Å². The number of nitrogens with zero attached hydrogens (tertiary/aromatic N) is 4. The van der Waals surface area contributed by atoms with Gasteiger partial charge in [-0.25, -0.2) is 9.97 Å². The van der Waals surface area contributed by atoms with Gasteiger partial charge in [0, 0.05) is 49.5 Å². The van der Waals surface area contributed by atoms with E-state index >= 15 is 0 Å². The number of piperidine rings is 1. The molecule has 5 nitrogen and oxygen atoms in total. The van der Waals surface area contributed by atoms with Crippen molar-refractivity contribution in [1.82, 2.24) is 14.9 Å². The first-order valence-corrected chi connectivity index (χ1v) is 8.98. The van der Waals surface area contributed by atoms with Crippen molar-refractivity contribution in [2.45, 2.75) is 25.8 Å². The molecule has 0 aromatic carbocycles. The third-order valence-corrected chi connectivity index (χ3v) is 5.24. The van der Waals surface area contributed by atoms with Crippen LogP contribution in [0.4, 0.5) is 5.82 Å². The summed E-state index contributed by atoms with van der Waals surface area (Å²) in [6.45, 7) is 3.82. The normalized spacial score (nSPS) is 15.8. The molecule has 0 unspecified atom stereocenters. The Hall–Kier alpha value is -2.21. The number of pyridine rings is 1. The summed E-state index contributed by atoms with van der Waals surface area (Å²) in [5.41, 5.74) is 0. The second kappa shape index (κ2) is 7.57. The Labute approximate surface area is 146 Å². The maximum Gasteiger partial charge on any atom is 0.246 e. The molecule has 3 rings (SSSR count). The molecule has 1 aliphatic heterocycles. The smallest absolute Gasteiger partial charge is 0.246 e. The van der Waals surface area contributed by atoms with E-state index < -0.39 is 0 Å². The van der Waals surface area contributed by atoms with Crippen LogP contribution in [0.5, 0.6) is 0 Å². The second-order valence-electron chi connectivity index (χ2n) is 5.97. The molecule has 0 saturated carbocycles. The standard InChI is InChI=1S/C18H22N4OS/c1-14-20-13-16(24-14)6-7-18(23)21(2)15-8-11-22(12-9-15)17-5-3-4-10-19-17/h3-7,10,13,15H,8-9,11-12H2,1-2H3/b7-6-. The molecule has 0 spiro atoms. The summed E-state index contributed by atoms with van der Waals surface area (Å²) in [6, 6.07) is 6.26. The molecule has 0 atom stereocenters. The van der Waals surface area contributed by atoms with Crippen molar-refractivity contribution >= 4 is 29.1 Å². The molecular weight excluding hydrogens is 320 g/mol. The van der Waals surface area contributed by atoms with E-state index in [0.29, 0.717) is 0 Å². The number of anilines is 1. The predicted molar refractivity (Wildman–Crippen MR) is 98.1 cm³/mol. The molecule has 3 heterocycles. The maximum absolute atomic E-state index is 12.4. The lowest BCUT2D eigenvalue weighted by Gasteiger charge is -2.37. The Morgan fingerprint density at radius 2 is 2.12 bits per heavy atom. The lowest BCUT2D eigenvalue weighted by Crippen LogP contribution is -2.45. The molecule has 2 aromatic rings. The fourth-order valence-electron chi connectivity index (χ4n) is 2.93. The number of thiazole rings is 1. The third kappa shape index (κ3) is 4.00. The van der Waals surface area contributed by atoms with Crippen LogP contribution >= 0.6 is 11.3 Å². The van der Waals surface area contributed by atoms with Crippen LogP contribution in [0.25, 0.3) is 6.08 Å². The lowest BCUT2D eigenvalue weighted by atomic mass is 10.0. The van der Waals surface area contributed by atoms with Gasteiger partial charge in [0.25, 0.3) is 0 Å². The molecular formula is C18H22N4OS. The molecule has 0 radical (unpaired) electrons. The molecule has 126 valence electrons. The van der Waals surface area contributed by atoms with Crippen molar-refractivity contribution in [2.75, 3.05) is 25.0 Å². The van der Waals surface area contributed by atoms with E-state index in [4.69, 9.17) is 0 Å². The predicted octanol–water partition coefficient (Wildman–Crippen LogP) is 2.99. The van der Waals surface area contributed by atoms with E-state index in [1.165, 1.54) is 0 Å². The zero-order chi connectivity index (χ0) is 16.9. The molecule has 24 heavy (non-hydrogen) atoms. The number of carbonyl (C=O) groups excluding carboxylic acids is 1. The van der Waals surface area contributed by atoms with Crippen LogP contribution in [-0.4, -0.2) is 47.0 Å². The first kappa shape index (κ1) is 16.6. The highest BCUT2D eigenvalue weighted by atomic mass is 32.1. The topological polar surface area (TPSA) is 49.3 Å². The molecule has 1 fully saturated rings. The van der Waals surface area contributed by atoms with Gasteiger partial charge in [-0.1, -0.05) is 6.07 Å². The Bertz CT molecular complexity index is 705. The molecule has 0 N–H and O–H groups in total. The number of rotatable bonds is 4. The first-order valence-electron chi connectivity index (χ1n) is 8.17. The van der Waals surface area contributed by atoms with Gasteiger partial charge in [-0.15, -0.1) is 11.3 Å². The molecule has 6 heteroatoms. The number of likely N-dealkylation sites (N-methyl/N-ethyl adjacent to an activating group) is 1. The molecule has 1 aliphatic rings. The largest absolute Gasteiger partial charge is 0.356 e. The van der Waals surface area contributed by atoms with Crippen LogP contribution < -0.4 is 4.90 Å². The van der Waals surface area contributed by atoms with E-state index in [-0.39, 0.29) is 11.9 Å². The van der Waals surface area contributed by atoms with E-state index in [1.807, 2.05) is 49.3 Å². The summed E-state index contributed by atoms with van der Waals surface area (Å²) < 4.78 is 0. The summed E-state index contributed by atoms with van der Waals surface area (Å²) >= 11 is 1.59. The van der Waals surface area contributed by atoms with Gasteiger partial charge in [-0.3, -0.25) is 4.79 Å².